The van der Waals surface area contributed by atoms with E-state index in [9.17, 15) is 4.79 Å². The van der Waals surface area contributed by atoms with E-state index >= 15 is 0 Å². The topological polar surface area (TPSA) is 72.1 Å². The number of amides is 1. The van der Waals surface area contributed by atoms with Gasteiger partial charge in [-0.25, -0.2) is 0 Å². The van der Waals surface area contributed by atoms with Gasteiger partial charge in [0.15, 0.2) is 0 Å². The summed E-state index contributed by atoms with van der Waals surface area (Å²) in [5, 5.41) is 8.06. The number of hydrogen-bond acceptors (Lipinski definition) is 5. The molecule has 0 atom stereocenters. The first kappa shape index (κ1) is 18.3. The molecule has 0 aliphatic carbocycles. The highest BCUT2D eigenvalue weighted by Gasteiger charge is 2.23. The van der Waals surface area contributed by atoms with Crippen molar-refractivity contribution in [1.82, 2.24) is 20.1 Å². The molecule has 0 radical (unpaired) electrons. The maximum Gasteiger partial charge on any atom is 0.266 e. The van der Waals surface area contributed by atoms with Crippen LogP contribution in [0.5, 0.6) is 0 Å². The molecule has 144 valence electrons. The number of carbonyl (C=O) groups is 1. The molecule has 1 fully saturated rings. The van der Waals surface area contributed by atoms with E-state index in [1.54, 1.807) is 6.20 Å². The molecule has 0 spiro atoms. The van der Waals surface area contributed by atoms with Gasteiger partial charge in [0.2, 0.25) is 11.8 Å². The van der Waals surface area contributed by atoms with Crippen molar-refractivity contribution in [3.05, 3.63) is 66.2 Å². The van der Waals surface area contributed by atoms with Gasteiger partial charge in [0, 0.05) is 32.1 Å². The Hall–Kier alpha value is -3.02. The van der Waals surface area contributed by atoms with Crippen molar-refractivity contribution in [3.63, 3.8) is 0 Å². The van der Waals surface area contributed by atoms with Crippen molar-refractivity contribution in [2.75, 3.05) is 13.1 Å². The monoisotopic (exact) mass is 376 g/mol. The van der Waals surface area contributed by atoms with Crippen LogP contribution in [0.15, 0.2) is 59.1 Å². The van der Waals surface area contributed by atoms with Gasteiger partial charge in [0.25, 0.3) is 5.89 Å². The summed E-state index contributed by atoms with van der Waals surface area (Å²) in [6.45, 7) is 1.67. The zero-order chi connectivity index (χ0) is 19.2. The molecule has 1 aliphatic heterocycles. The number of carbonyl (C=O) groups excluding carboxylic acids is 1. The van der Waals surface area contributed by atoms with Gasteiger partial charge < -0.3 is 9.32 Å². The number of hydrogen-bond donors (Lipinski definition) is 0. The van der Waals surface area contributed by atoms with Crippen molar-refractivity contribution in [2.24, 2.45) is 5.92 Å². The van der Waals surface area contributed by atoms with Crippen LogP contribution in [-0.2, 0) is 17.6 Å². The van der Waals surface area contributed by atoms with E-state index in [1.165, 1.54) is 5.56 Å². The Kier molecular flexibility index (Phi) is 5.75. The molecule has 28 heavy (non-hydrogen) atoms. The quantitative estimate of drug-likeness (QED) is 0.658. The van der Waals surface area contributed by atoms with E-state index in [2.05, 4.69) is 39.4 Å². The van der Waals surface area contributed by atoms with E-state index < -0.39 is 0 Å². The number of nitrogens with zero attached hydrogens (tertiary/aromatic N) is 4. The Morgan fingerprint density at radius 1 is 1.04 bits per heavy atom. The summed E-state index contributed by atoms with van der Waals surface area (Å²) in [5.41, 5.74) is 2.03. The molecular weight excluding hydrogens is 352 g/mol. The summed E-state index contributed by atoms with van der Waals surface area (Å²) in [5.74, 6) is 1.69. The molecule has 1 amide bonds. The fourth-order valence-corrected chi connectivity index (χ4v) is 3.65. The Bertz CT molecular complexity index is 887. The van der Waals surface area contributed by atoms with E-state index in [0.29, 0.717) is 36.2 Å². The first-order chi connectivity index (χ1) is 13.8. The number of rotatable bonds is 6. The summed E-state index contributed by atoms with van der Waals surface area (Å²) >= 11 is 0. The highest BCUT2D eigenvalue weighted by atomic mass is 16.4. The molecule has 0 N–H and O–H groups in total. The number of piperidine rings is 1. The fourth-order valence-electron chi connectivity index (χ4n) is 3.65. The Morgan fingerprint density at radius 2 is 1.82 bits per heavy atom. The third kappa shape index (κ3) is 4.63. The first-order valence-corrected chi connectivity index (χ1v) is 9.83. The molecule has 2 aromatic heterocycles. The molecule has 0 bridgehead atoms. The lowest BCUT2D eigenvalue weighted by molar-refractivity contribution is -0.132. The summed E-state index contributed by atoms with van der Waals surface area (Å²) in [7, 11) is 0. The summed E-state index contributed by atoms with van der Waals surface area (Å²) in [4.78, 5) is 18.7. The zero-order valence-electron chi connectivity index (χ0n) is 15.8. The zero-order valence-corrected chi connectivity index (χ0v) is 15.8. The van der Waals surface area contributed by atoms with Gasteiger partial charge in [-0.05, 0) is 42.9 Å². The van der Waals surface area contributed by atoms with Crippen LogP contribution in [0.3, 0.4) is 0 Å². The van der Waals surface area contributed by atoms with Crippen LogP contribution in [0.1, 0.15) is 30.7 Å². The van der Waals surface area contributed by atoms with Gasteiger partial charge >= 0.3 is 0 Å². The van der Waals surface area contributed by atoms with Gasteiger partial charge in [0.1, 0.15) is 5.69 Å². The second-order valence-corrected chi connectivity index (χ2v) is 7.23. The Labute approximate surface area is 164 Å². The molecule has 1 saturated heterocycles. The Morgan fingerprint density at radius 3 is 2.57 bits per heavy atom. The fraction of sp³-hybridized carbons (Fsp3) is 0.364. The van der Waals surface area contributed by atoms with Gasteiger partial charge in [-0.15, -0.1) is 10.2 Å². The minimum absolute atomic E-state index is 0.163. The van der Waals surface area contributed by atoms with E-state index in [0.717, 1.165) is 32.4 Å². The normalized spacial score (nSPS) is 14.9. The molecule has 1 aliphatic rings. The number of pyridine rings is 1. The van der Waals surface area contributed by atoms with Crippen molar-refractivity contribution in [3.8, 4) is 11.6 Å². The highest BCUT2D eigenvalue weighted by Crippen LogP contribution is 2.22. The van der Waals surface area contributed by atoms with Gasteiger partial charge in [-0.3, -0.25) is 9.78 Å². The predicted molar refractivity (Wildman–Crippen MR) is 105 cm³/mol. The average molecular weight is 376 g/mol. The Balaban J connectivity index is 1.23. The summed E-state index contributed by atoms with van der Waals surface area (Å²) in [6, 6.07) is 16.1. The lowest BCUT2D eigenvalue weighted by Gasteiger charge is -2.32. The number of aryl methyl sites for hydroxylation is 1. The first-order valence-electron chi connectivity index (χ1n) is 9.83. The molecule has 4 rings (SSSR count). The molecule has 0 saturated carbocycles. The third-order valence-electron chi connectivity index (χ3n) is 5.24. The molecular formula is C22H24N4O2. The van der Waals surface area contributed by atoms with Crippen LogP contribution >= 0.6 is 0 Å². The second-order valence-electron chi connectivity index (χ2n) is 7.23. The van der Waals surface area contributed by atoms with Crippen LogP contribution < -0.4 is 0 Å². The van der Waals surface area contributed by atoms with Crippen molar-refractivity contribution in [1.29, 1.82) is 0 Å². The summed E-state index contributed by atoms with van der Waals surface area (Å²) < 4.78 is 5.64. The largest absolute Gasteiger partial charge is 0.419 e. The standard InChI is InChI=1S/C22H24N4O2/c27-21(10-9-20-24-25-22(28-20)19-8-4-5-13-23-19)26-14-11-18(12-15-26)16-17-6-2-1-3-7-17/h1-8,13,18H,9-12,14-16H2. The van der Waals surface area contributed by atoms with Crippen LogP contribution in [-0.4, -0.2) is 39.1 Å². The SMILES string of the molecule is O=C(CCc1nnc(-c2ccccn2)o1)N1CCC(Cc2ccccc2)CC1. The minimum Gasteiger partial charge on any atom is -0.419 e. The third-order valence-corrected chi connectivity index (χ3v) is 5.24. The van der Waals surface area contributed by atoms with Crippen molar-refractivity contribution < 1.29 is 9.21 Å². The van der Waals surface area contributed by atoms with E-state index in [4.69, 9.17) is 4.42 Å². The minimum atomic E-state index is 0.163. The van der Waals surface area contributed by atoms with Crippen LogP contribution in [0.25, 0.3) is 11.6 Å². The molecule has 0 unspecified atom stereocenters. The van der Waals surface area contributed by atoms with Crippen LogP contribution in [0.4, 0.5) is 0 Å². The van der Waals surface area contributed by atoms with Crippen LogP contribution in [0.2, 0.25) is 0 Å². The highest BCUT2D eigenvalue weighted by molar-refractivity contribution is 5.76. The molecule has 6 nitrogen and oxygen atoms in total. The maximum atomic E-state index is 12.5. The summed E-state index contributed by atoms with van der Waals surface area (Å²) in [6.07, 6.45) is 5.76. The lowest BCUT2D eigenvalue weighted by Crippen LogP contribution is -2.39. The molecule has 6 heteroatoms. The second kappa shape index (κ2) is 8.78. The van der Waals surface area contributed by atoms with E-state index in [-0.39, 0.29) is 5.91 Å². The average Bonchev–Trinajstić information content (AvgIpc) is 3.23. The van der Waals surface area contributed by atoms with E-state index in [1.807, 2.05) is 29.2 Å². The van der Waals surface area contributed by atoms with Crippen molar-refractivity contribution >= 4 is 5.91 Å². The van der Waals surface area contributed by atoms with Gasteiger partial charge in [0.05, 0.1) is 0 Å². The lowest BCUT2D eigenvalue weighted by atomic mass is 9.90. The number of likely N-dealkylation sites (tertiary alicyclic amines) is 1. The van der Waals surface area contributed by atoms with Crippen molar-refractivity contribution in [2.45, 2.75) is 32.1 Å². The molecule has 1 aromatic carbocycles. The molecule has 3 heterocycles. The number of aromatic nitrogens is 3. The molecule has 3 aromatic rings. The van der Waals surface area contributed by atoms with Gasteiger partial charge in [-0.2, -0.15) is 0 Å². The smallest absolute Gasteiger partial charge is 0.266 e. The van der Waals surface area contributed by atoms with Crippen LogP contribution in [0, 0.1) is 5.92 Å². The number of benzene rings is 1. The predicted octanol–water partition coefficient (Wildman–Crippen LogP) is 3.55. The van der Waals surface area contributed by atoms with Gasteiger partial charge in [-0.1, -0.05) is 36.4 Å². The maximum absolute atomic E-state index is 12.5.